The van der Waals surface area contributed by atoms with Crippen molar-refractivity contribution >= 4 is 17.0 Å². The second-order valence-electron chi connectivity index (χ2n) is 4.89. The molecule has 4 nitrogen and oxygen atoms in total. The summed E-state index contributed by atoms with van der Waals surface area (Å²) in [6, 6.07) is 11.2. The summed E-state index contributed by atoms with van der Waals surface area (Å²) in [6.07, 6.45) is 1.72. The number of carboxylic acid groups (broad SMARTS) is 1. The van der Waals surface area contributed by atoms with Crippen LogP contribution in [-0.4, -0.2) is 20.6 Å². The molecule has 0 radical (unpaired) electrons. The van der Waals surface area contributed by atoms with Crippen molar-refractivity contribution in [1.29, 1.82) is 0 Å². The molecule has 0 saturated carbocycles. The predicted octanol–water partition coefficient (Wildman–Crippen LogP) is 3.34. The lowest BCUT2D eigenvalue weighted by atomic mass is 10.1. The Morgan fingerprint density at radius 1 is 1.10 bits per heavy atom. The normalized spacial score (nSPS) is 10.9. The molecule has 0 unspecified atom stereocenters. The van der Waals surface area contributed by atoms with Crippen LogP contribution in [0.4, 0.5) is 0 Å². The van der Waals surface area contributed by atoms with Crippen molar-refractivity contribution in [3.05, 3.63) is 59.4 Å². The van der Waals surface area contributed by atoms with Gasteiger partial charge in [0.15, 0.2) is 0 Å². The first kappa shape index (κ1) is 12.4. The zero-order valence-corrected chi connectivity index (χ0v) is 11.3. The Balaban J connectivity index is 2.17. The number of benzene rings is 2. The molecule has 100 valence electrons. The second-order valence-corrected chi connectivity index (χ2v) is 4.89. The van der Waals surface area contributed by atoms with Crippen molar-refractivity contribution in [2.45, 2.75) is 13.8 Å². The fourth-order valence-corrected chi connectivity index (χ4v) is 2.23. The quantitative estimate of drug-likeness (QED) is 0.774. The van der Waals surface area contributed by atoms with Gasteiger partial charge in [0.05, 0.1) is 16.6 Å². The lowest BCUT2D eigenvalue weighted by Gasteiger charge is -2.07. The van der Waals surface area contributed by atoms with Crippen LogP contribution in [0, 0.1) is 13.8 Å². The molecule has 1 heterocycles. The molecule has 0 bridgehead atoms. The highest BCUT2D eigenvalue weighted by molar-refractivity contribution is 5.92. The van der Waals surface area contributed by atoms with E-state index in [-0.39, 0.29) is 5.56 Å². The Bertz CT molecular complexity index is 818. The van der Waals surface area contributed by atoms with E-state index in [0.717, 1.165) is 11.2 Å². The van der Waals surface area contributed by atoms with E-state index in [9.17, 15) is 4.79 Å². The maximum atomic E-state index is 11.0. The lowest BCUT2D eigenvalue weighted by molar-refractivity contribution is 0.0697. The fraction of sp³-hybridized carbons (Fsp3) is 0.125. The van der Waals surface area contributed by atoms with Crippen LogP contribution in [0.25, 0.3) is 16.7 Å². The highest BCUT2D eigenvalue weighted by Gasteiger charge is 2.09. The summed E-state index contributed by atoms with van der Waals surface area (Å²) in [7, 11) is 0. The van der Waals surface area contributed by atoms with E-state index in [0.29, 0.717) is 5.52 Å². The summed E-state index contributed by atoms with van der Waals surface area (Å²) in [4.78, 5) is 15.3. The number of rotatable bonds is 2. The molecule has 1 aromatic heterocycles. The third-order valence-electron chi connectivity index (χ3n) is 3.56. The fourth-order valence-electron chi connectivity index (χ4n) is 2.23. The number of fused-ring (bicyclic) bond motifs is 1. The van der Waals surface area contributed by atoms with Crippen molar-refractivity contribution in [2.75, 3.05) is 0 Å². The standard InChI is InChI=1S/C16H14N2O2/c1-10-3-5-13(7-11(10)2)18-9-17-14-8-12(16(19)20)4-6-15(14)18/h3-9H,1-2H3,(H,19,20). The van der Waals surface area contributed by atoms with Crippen LogP contribution in [0.5, 0.6) is 0 Å². The monoisotopic (exact) mass is 266 g/mol. The summed E-state index contributed by atoms with van der Waals surface area (Å²) < 4.78 is 1.97. The molecule has 0 fully saturated rings. The number of aryl methyl sites for hydroxylation is 2. The molecule has 0 aliphatic carbocycles. The maximum absolute atomic E-state index is 11.0. The SMILES string of the molecule is Cc1ccc(-n2cnc3cc(C(=O)O)ccc32)cc1C. The third kappa shape index (κ3) is 1.95. The summed E-state index contributed by atoms with van der Waals surface area (Å²) >= 11 is 0. The van der Waals surface area contributed by atoms with Gasteiger partial charge in [-0.2, -0.15) is 0 Å². The molecule has 0 atom stereocenters. The molecule has 2 aromatic carbocycles. The Kier molecular flexibility index (Phi) is 2.79. The highest BCUT2D eigenvalue weighted by atomic mass is 16.4. The van der Waals surface area contributed by atoms with Gasteiger partial charge in [0.25, 0.3) is 0 Å². The summed E-state index contributed by atoms with van der Waals surface area (Å²) in [5, 5.41) is 9.00. The van der Waals surface area contributed by atoms with Gasteiger partial charge in [-0.15, -0.1) is 0 Å². The van der Waals surface area contributed by atoms with Gasteiger partial charge in [0.2, 0.25) is 0 Å². The summed E-state index contributed by atoms with van der Waals surface area (Å²) in [5.74, 6) is -0.937. The topological polar surface area (TPSA) is 55.1 Å². The van der Waals surface area contributed by atoms with Crippen LogP contribution in [0.2, 0.25) is 0 Å². The molecule has 0 aliphatic rings. The highest BCUT2D eigenvalue weighted by Crippen LogP contribution is 2.21. The first-order valence-electron chi connectivity index (χ1n) is 6.34. The van der Waals surface area contributed by atoms with E-state index in [4.69, 9.17) is 5.11 Å². The Labute approximate surface area is 116 Å². The minimum Gasteiger partial charge on any atom is -0.478 e. The minimum absolute atomic E-state index is 0.253. The van der Waals surface area contributed by atoms with E-state index in [2.05, 4.69) is 31.0 Å². The van der Waals surface area contributed by atoms with Crippen LogP contribution >= 0.6 is 0 Å². The molecule has 0 saturated heterocycles. The van der Waals surface area contributed by atoms with Crippen molar-refractivity contribution < 1.29 is 9.90 Å². The number of imidazole rings is 1. The van der Waals surface area contributed by atoms with E-state index < -0.39 is 5.97 Å². The van der Waals surface area contributed by atoms with Gasteiger partial charge in [0.1, 0.15) is 6.33 Å². The number of carboxylic acids is 1. The van der Waals surface area contributed by atoms with Crippen LogP contribution < -0.4 is 0 Å². The zero-order valence-electron chi connectivity index (χ0n) is 11.3. The number of hydrogen-bond donors (Lipinski definition) is 1. The molecule has 0 aliphatic heterocycles. The van der Waals surface area contributed by atoms with Crippen LogP contribution in [-0.2, 0) is 0 Å². The predicted molar refractivity (Wildman–Crippen MR) is 77.5 cm³/mol. The van der Waals surface area contributed by atoms with Crippen molar-refractivity contribution in [3.63, 3.8) is 0 Å². The maximum Gasteiger partial charge on any atom is 0.335 e. The largest absolute Gasteiger partial charge is 0.478 e. The number of aromatic nitrogens is 2. The van der Waals surface area contributed by atoms with Crippen LogP contribution in [0.15, 0.2) is 42.7 Å². The zero-order chi connectivity index (χ0) is 14.3. The molecule has 20 heavy (non-hydrogen) atoms. The average molecular weight is 266 g/mol. The molecular formula is C16H14N2O2. The smallest absolute Gasteiger partial charge is 0.335 e. The van der Waals surface area contributed by atoms with Crippen molar-refractivity contribution in [2.24, 2.45) is 0 Å². The first-order valence-corrected chi connectivity index (χ1v) is 6.34. The first-order chi connectivity index (χ1) is 9.56. The number of nitrogens with zero attached hydrogens (tertiary/aromatic N) is 2. The van der Waals surface area contributed by atoms with Gasteiger partial charge in [-0.25, -0.2) is 9.78 Å². The van der Waals surface area contributed by atoms with Gasteiger partial charge in [-0.05, 0) is 55.3 Å². The average Bonchev–Trinajstić information content (AvgIpc) is 2.84. The Morgan fingerprint density at radius 2 is 1.90 bits per heavy atom. The Morgan fingerprint density at radius 3 is 2.60 bits per heavy atom. The minimum atomic E-state index is -0.937. The molecule has 4 heteroatoms. The second kappa shape index (κ2) is 4.49. The van der Waals surface area contributed by atoms with Gasteiger partial charge in [-0.1, -0.05) is 6.07 Å². The molecule has 3 aromatic rings. The molecule has 1 N–H and O–H groups in total. The van der Waals surface area contributed by atoms with Gasteiger partial charge in [-0.3, -0.25) is 4.57 Å². The van der Waals surface area contributed by atoms with E-state index in [1.807, 2.05) is 10.6 Å². The number of aromatic carboxylic acids is 1. The number of hydrogen-bond acceptors (Lipinski definition) is 2. The summed E-state index contributed by atoms with van der Waals surface area (Å²) in [6.45, 7) is 4.14. The van der Waals surface area contributed by atoms with E-state index in [1.165, 1.54) is 11.1 Å². The molecule has 0 amide bonds. The van der Waals surface area contributed by atoms with Crippen LogP contribution in [0.1, 0.15) is 21.5 Å². The van der Waals surface area contributed by atoms with Gasteiger partial charge < -0.3 is 5.11 Å². The van der Waals surface area contributed by atoms with E-state index >= 15 is 0 Å². The van der Waals surface area contributed by atoms with Crippen molar-refractivity contribution in [3.8, 4) is 5.69 Å². The number of carbonyl (C=O) groups is 1. The molecular weight excluding hydrogens is 252 g/mol. The Hall–Kier alpha value is -2.62. The summed E-state index contributed by atoms with van der Waals surface area (Å²) in [5.41, 5.74) is 5.32. The molecule has 3 rings (SSSR count). The molecule has 0 spiro atoms. The van der Waals surface area contributed by atoms with Crippen LogP contribution in [0.3, 0.4) is 0 Å². The van der Waals surface area contributed by atoms with Gasteiger partial charge in [0, 0.05) is 5.69 Å². The third-order valence-corrected chi connectivity index (χ3v) is 3.56. The van der Waals surface area contributed by atoms with Crippen molar-refractivity contribution in [1.82, 2.24) is 9.55 Å². The lowest BCUT2D eigenvalue weighted by Crippen LogP contribution is -1.97. The van der Waals surface area contributed by atoms with Gasteiger partial charge >= 0.3 is 5.97 Å². The van der Waals surface area contributed by atoms with E-state index in [1.54, 1.807) is 24.5 Å².